The van der Waals surface area contributed by atoms with Crippen molar-refractivity contribution < 1.29 is 4.79 Å². The van der Waals surface area contributed by atoms with Gasteiger partial charge in [-0.05, 0) is 51.1 Å². The first kappa shape index (κ1) is 15.3. The summed E-state index contributed by atoms with van der Waals surface area (Å²) in [5.41, 5.74) is 0.765. The van der Waals surface area contributed by atoms with Gasteiger partial charge in [0, 0.05) is 10.7 Å². The minimum Gasteiger partial charge on any atom is -0.325 e. The van der Waals surface area contributed by atoms with Crippen molar-refractivity contribution >= 4 is 23.2 Å². The average Bonchev–Trinajstić information content (AvgIpc) is 2.37. The van der Waals surface area contributed by atoms with Crippen LogP contribution in [0.15, 0.2) is 24.3 Å². The molecule has 0 spiro atoms. The Balaban J connectivity index is 1.93. The summed E-state index contributed by atoms with van der Waals surface area (Å²) in [6.07, 6.45) is 6.26. The van der Waals surface area contributed by atoms with Crippen molar-refractivity contribution in [2.75, 3.05) is 18.4 Å². The number of rotatable bonds is 3. The standard InChI is InChI=1S/C16H23ClN2O/c1-13(19-10-5-3-2-4-6-11-19)16(20)18-15-9-7-8-14(17)12-15/h7-9,12-13H,2-6,10-11H2,1H3,(H,18,20). The molecule has 1 aliphatic rings. The lowest BCUT2D eigenvalue weighted by molar-refractivity contribution is -0.120. The molecular weight excluding hydrogens is 272 g/mol. The van der Waals surface area contributed by atoms with Crippen LogP contribution in [-0.4, -0.2) is 29.9 Å². The second-order valence-corrected chi connectivity index (χ2v) is 5.92. The van der Waals surface area contributed by atoms with Gasteiger partial charge in [0.2, 0.25) is 5.91 Å². The number of likely N-dealkylation sites (tertiary alicyclic amines) is 1. The third-order valence-electron chi connectivity index (χ3n) is 3.91. The molecule has 2 rings (SSSR count). The molecule has 1 unspecified atom stereocenters. The van der Waals surface area contributed by atoms with E-state index < -0.39 is 0 Å². The number of benzene rings is 1. The maximum Gasteiger partial charge on any atom is 0.241 e. The molecule has 4 heteroatoms. The number of amides is 1. The predicted octanol–water partition coefficient (Wildman–Crippen LogP) is 3.93. The first-order valence-electron chi connectivity index (χ1n) is 7.47. The van der Waals surface area contributed by atoms with E-state index in [9.17, 15) is 4.79 Å². The zero-order chi connectivity index (χ0) is 14.4. The van der Waals surface area contributed by atoms with Crippen LogP contribution in [0.1, 0.15) is 39.0 Å². The summed E-state index contributed by atoms with van der Waals surface area (Å²) in [5.74, 6) is 0.0489. The topological polar surface area (TPSA) is 32.3 Å². The first-order chi connectivity index (χ1) is 9.66. The predicted molar refractivity (Wildman–Crippen MR) is 84.2 cm³/mol. The van der Waals surface area contributed by atoms with Gasteiger partial charge in [-0.2, -0.15) is 0 Å². The Hall–Kier alpha value is -1.06. The summed E-state index contributed by atoms with van der Waals surface area (Å²) in [5, 5.41) is 3.59. The summed E-state index contributed by atoms with van der Waals surface area (Å²) in [6.45, 7) is 4.02. The summed E-state index contributed by atoms with van der Waals surface area (Å²) in [4.78, 5) is 14.6. The summed E-state index contributed by atoms with van der Waals surface area (Å²) in [7, 11) is 0. The van der Waals surface area contributed by atoms with Gasteiger partial charge in [-0.3, -0.25) is 9.69 Å². The largest absolute Gasteiger partial charge is 0.325 e. The minimum atomic E-state index is -0.0907. The molecule has 1 atom stereocenters. The lowest BCUT2D eigenvalue weighted by Crippen LogP contribution is -2.43. The Kier molecular flexibility index (Phi) is 5.86. The zero-order valence-corrected chi connectivity index (χ0v) is 12.8. The molecule has 0 saturated carbocycles. The number of nitrogens with one attached hydrogen (secondary N) is 1. The summed E-state index contributed by atoms with van der Waals surface area (Å²) < 4.78 is 0. The van der Waals surface area contributed by atoms with Crippen LogP contribution in [-0.2, 0) is 4.79 Å². The molecular formula is C16H23ClN2O. The van der Waals surface area contributed by atoms with Crippen molar-refractivity contribution in [3.63, 3.8) is 0 Å². The van der Waals surface area contributed by atoms with Gasteiger partial charge >= 0.3 is 0 Å². The Morgan fingerprint density at radius 3 is 2.50 bits per heavy atom. The van der Waals surface area contributed by atoms with Gasteiger partial charge in [0.25, 0.3) is 0 Å². The molecule has 1 N–H and O–H groups in total. The SMILES string of the molecule is CC(C(=O)Nc1cccc(Cl)c1)N1CCCCCCC1. The van der Waals surface area contributed by atoms with E-state index in [1.54, 1.807) is 12.1 Å². The lowest BCUT2D eigenvalue weighted by Gasteiger charge is -2.29. The molecule has 3 nitrogen and oxygen atoms in total. The van der Waals surface area contributed by atoms with E-state index in [1.807, 2.05) is 19.1 Å². The molecule has 1 fully saturated rings. The molecule has 1 heterocycles. The second kappa shape index (κ2) is 7.65. The van der Waals surface area contributed by atoms with E-state index in [2.05, 4.69) is 10.2 Å². The molecule has 110 valence electrons. The normalized spacial score (nSPS) is 18.9. The number of anilines is 1. The van der Waals surface area contributed by atoms with Gasteiger partial charge in [-0.25, -0.2) is 0 Å². The van der Waals surface area contributed by atoms with Gasteiger partial charge in [0.15, 0.2) is 0 Å². The molecule has 20 heavy (non-hydrogen) atoms. The minimum absolute atomic E-state index is 0.0489. The van der Waals surface area contributed by atoms with Gasteiger partial charge in [0.1, 0.15) is 0 Å². The molecule has 0 aliphatic carbocycles. The highest BCUT2D eigenvalue weighted by molar-refractivity contribution is 6.30. The van der Waals surface area contributed by atoms with E-state index in [1.165, 1.54) is 32.1 Å². The fraction of sp³-hybridized carbons (Fsp3) is 0.562. The van der Waals surface area contributed by atoms with Crippen molar-refractivity contribution in [1.29, 1.82) is 0 Å². The van der Waals surface area contributed by atoms with Crippen LogP contribution >= 0.6 is 11.6 Å². The molecule has 1 aliphatic heterocycles. The molecule has 0 bridgehead atoms. The van der Waals surface area contributed by atoms with Gasteiger partial charge < -0.3 is 5.32 Å². The Bertz CT molecular complexity index is 442. The maximum atomic E-state index is 12.3. The average molecular weight is 295 g/mol. The smallest absolute Gasteiger partial charge is 0.241 e. The van der Waals surface area contributed by atoms with E-state index in [0.29, 0.717) is 5.02 Å². The number of carbonyl (C=O) groups excluding carboxylic acids is 1. The lowest BCUT2D eigenvalue weighted by atomic mass is 10.1. The molecule has 0 aromatic heterocycles. The summed E-state index contributed by atoms with van der Waals surface area (Å²) in [6, 6.07) is 7.20. The maximum absolute atomic E-state index is 12.3. The highest BCUT2D eigenvalue weighted by atomic mass is 35.5. The highest BCUT2D eigenvalue weighted by Gasteiger charge is 2.21. The van der Waals surface area contributed by atoms with Crippen molar-refractivity contribution in [1.82, 2.24) is 4.90 Å². The van der Waals surface area contributed by atoms with Crippen molar-refractivity contribution in [3.05, 3.63) is 29.3 Å². The molecule has 1 saturated heterocycles. The van der Waals surface area contributed by atoms with Gasteiger partial charge in [-0.15, -0.1) is 0 Å². The van der Waals surface area contributed by atoms with Crippen molar-refractivity contribution in [3.8, 4) is 0 Å². The molecule has 1 aromatic rings. The van der Waals surface area contributed by atoms with Crippen LogP contribution in [0.25, 0.3) is 0 Å². The number of hydrogen-bond acceptors (Lipinski definition) is 2. The van der Waals surface area contributed by atoms with Crippen molar-refractivity contribution in [2.24, 2.45) is 0 Å². The van der Waals surface area contributed by atoms with Gasteiger partial charge in [-0.1, -0.05) is 36.9 Å². The Labute approximate surface area is 126 Å². The van der Waals surface area contributed by atoms with Crippen LogP contribution < -0.4 is 5.32 Å². The van der Waals surface area contributed by atoms with Crippen LogP contribution in [0.3, 0.4) is 0 Å². The van der Waals surface area contributed by atoms with Crippen molar-refractivity contribution in [2.45, 2.75) is 45.1 Å². The second-order valence-electron chi connectivity index (χ2n) is 5.48. The molecule has 1 amide bonds. The van der Waals surface area contributed by atoms with E-state index in [-0.39, 0.29) is 11.9 Å². The van der Waals surface area contributed by atoms with Crippen LogP contribution in [0.4, 0.5) is 5.69 Å². The first-order valence-corrected chi connectivity index (χ1v) is 7.85. The van der Waals surface area contributed by atoms with Crippen LogP contribution in [0.2, 0.25) is 5.02 Å². The van der Waals surface area contributed by atoms with Crippen LogP contribution in [0.5, 0.6) is 0 Å². The molecule has 0 radical (unpaired) electrons. The van der Waals surface area contributed by atoms with E-state index in [0.717, 1.165) is 18.8 Å². The number of halogens is 1. The Morgan fingerprint density at radius 2 is 1.85 bits per heavy atom. The number of hydrogen-bond donors (Lipinski definition) is 1. The third kappa shape index (κ3) is 4.50. The summed E-state index contributed by atoms with van der Waals surface area (Å²) >= 11 is 5.93. The highest BCUT2D eigenvalue weighted by Crippen LogP contribution is 2.17. The zero-order valence-electron chi connectivity index (χ0n) is 12.1. The molecule has 1 aromatic carbocycles. The van der Waals surface area contributed by atoms with Gasteiger partial charge in [0.05, 0.1) is 6.04 Å². The van der Waals surface area contributed by atoms with Crippen LogP contribution in [0, 0.1) is 0 Å². The van der Waals surface area contributed by atoms with E-state index in [4.69, 9.17) is 11.6 Å². The Morgan fingerprint density at radius 1 is 1.20 bits per heavy atom. The third-order valence-corrected chi connectivity index (χ3v) is 4.15. The van der Waals surface area contributed by atoms with E-state index >= 15 is 0 Å². The monoisotopic (exact) mass is 294 g/mol. The number of nitrogens with zero attached hydrogens (tertiary/aromatic N) is 1. The quantitative estimate of drug-likeness (QED) is 0.916. The number of carbonyl (C=O) groups is 1. The fourth-order valence-corrected chi connectivity index (χ4v) is 2.83. The fourth-order valence-electron chi connectivity index (χ4n) is 2.64.